The van der Waals surface area contributed by atoms with Crippen LogP contribution < -0.4 is 15.5 Å². The Morgan fingerprint density at radius 1 is 1.11 bits per heavy atom. The van der Waals surface area contributed by atoms with Gasteiger partial charge in [0.25, 0.3) is 17.5 Å². The molecule has 1 aromatic heterocycles. The van der Waals surface area contributed by atoms with E-state index in [0.29, 0.717) is 34.8 Å². The van der Waals surface area contributed by atoms with E-state index in [4.69, 9.17) is 9.15 Å². The van der Waals surface area contributed by atoms with E-state index in [1.807, 2.05) is 39.0 Å². The maximum atomic E-state index is 12.7. The zero-order valence-corrected chi connectivity index (χ0v) is 21.2. The average Bonchev–Trinajstić information content (AvgIpc) is 3.32. The number of para-hydroxylation sites is 1. The highest BCUT2D eigenvalue weighted by atomic mass is 16.6. The minimum absolute atomic E-state index is 0.000995. The predicted octanol–water partition coefficient (Wildman–Crippen LogP) is 4.53. The number of nitrogens with one attached hydrogen (secondary N) is 2. The molecule has 0 spiro atoms. The van der Waals surface area contributed by atoms with Crippen molar-refractivity contribution in [3.63, 3.8) is 0 Å². The fourth-order valence-corrected chi connectivity index (χ4v) is 3.57. The first-order chi connectivity index (χ1) is 17.6. The van der Waals surface area contributed by atoms with Gasteiger partial charge >= 0.3 is 0 Å². The number of nitro benzene ring substituents is 1. The molecule has 3 rings (SSSR count). The van der Waals surface area contributed by atoms with Crippen LogP contribution in [0.5, 0.6) is 5.75 Å². The third-order valence-electron chi connectivity index (χ3n) is 5.49. The lowest BCUT2D eigenvalue weighted by atomic mass is 10.0. The second-order valence-corrected chi connectivity index (χ2v) is 9.00. The number of hydrogen-bond donors (Lipinski definition) is 2. The van der Waals surface area contributed by atoms with Crippen molar-refractivity contribution >= 4 is 23.7 Å². The van der Waals surface area contributed by atoms with Gasteiger partial charge in [0.1, 0.15) is 23.3 Å². The number of hydrazone groups is 1. The smallest absolute Gasteiger partial charge is 0.273 e. The third kappa shape index (κ3) is 7.76. The monoisotopic (exact) mass is 506 g/mol. The second-order valence-electron chi connectivity index (χ2n) is 9.00. The Balaban J connectivity index is 1.59. The summed E-state index contributed by atoms with van der Waals surface area (Å²) in [7, 11) is 0. The fraction of sp³-hybridized carbons (Fsp3) is 0.296. The van der Waals surface area contributed by atoms with Gasteiger partial charge in [-0.2, -0.15) is 5.10 Å². The third-order valence-corrected chi connectivity index (χ3v) is 5.49. The Labute approximate surface area is 214 Å². The molecule has 0 bridgehead atoms. The summed E-state index contributed by atoms with van der Waals surface area (Å²) >= 11 is 0. The number of benzene rings is 2. The molecule has 3 aromatic rings. The van der Waals surface area contributed by atoms with Crippen LogP contribution in [0, 0.1) is 29.9 Å². The number of ether oxygens (including phenoxy) is 1. The average molecular weight is 507 g/mol. The minimum Gasteiger partial charge on any atom is -0.484 e. The van der Waals surface area contributed by atoms with Gasteiger partial charge in [-0.25, -0.2) is 5.43 Å². The standard InChI is InChI=1S/C27H30N4O6/c1-17(2)13-22(29-26(32)16-36-24-8-6-5-7-19(24)4)27(33)30-28-15-21-11-12-25(37-21)20-10-9-18(3)23(14-20)31(34)35/h5-12,14-15,17,22H,13,16H2,1-4H3,(H,29,32)(H,30,33)/b28-15-/t22-/m1/s1. The zero-order valence-electron chi connectivity index (χ0n) is 21.2. The normalized spacial score (nSPS) is 11.9. The Bertz CT molecular complexity index is 1300. The molecule has 0 saturated heterocycles. The van der Waals surface area contributed by atoms with E-state index in [1.165, 1.54) is 12.3 Å². The fourth-order valence-electron chi connectivity index (χ4n) is 3.57. The summed E-state index contributed by atoms with van der Waals surface area (Å²) in [4.78, 5) is 35.9. The van der Waals surface area contributed by atoms with Crippen LogP contribution in [0.2, 0.25) is 0 Å². The van der Waals surface area contributed by atoms with Gasteiger partial charge in [0, 0.05) is 17.2 Å². The van der Waals surface area contributed by atoms with E-state index < -0.39 is 22.8 Å². The van der Waals surface area contributed by atoms with Crippen molar-refractivity contribution in [3.8, 4) is 17.1 Å². The molecule has 2 aromatic carbocycles. The van der Waals surface area contributed by atoms with Crippen LogP contribution >= 0.6 is 0 Å². The molecule has 37 heavy (non-hydrogen) atoms. The Morgan fingerprint density at radius 2 is 1.86 bits per heavy atom. The summed E-state index contributed by atoms with van der Waals surface area (Å²) in [6.45, 7) is 7.21. The predicted molar refractivity (Wildman–Crippen MR) is 139 cm³/mol. The van der Waals surface area contributed by atoms with Crippen molar-refractivity contribution in [1.29, 1.82) is 0 Å². The molecule has 10 heteroatoms. The molecule has 0 aliphatic heterocycles. The lowest BCUT2D eigenvalue weighted by Crippen LogP contribution is -2.47. The molecule has 194 valence electrons. The molecule has 1 atom stereocenters. The van der Waals surface area contributed by atoms with Gasteiger partial charge in [-0.15, -0.1) is 0 Å². The Kier molecular flexibility index (Phi) is 9.15. The molecule has 0 aliphatic rings. The SMILES string of the molecule is Cc1ccccc1OCC(=O)N[C@H](CC(C)C)C(=O)N/N=C\c1ccc(-c2ccc(C)c([N+](=O)[O-])c2)o1. The van der Waals surface area contributed by atoms with Gasteiger partial charge in [-0.05, 0) is 49.9 Å². The van der Waals surface area contributed by atoms with Gasteiger partial charge in [-0.1, -0.05) is 44.2 Å². The van der Waals surface area contributed by atoms with Gasteiger partial charge < -0.3 is 14.5 Å². The van der Waals surface area contributed by atoms with Gasteiger partial charge in [0.2, 0.25) is 0 Å². The summed E-state index contributed by atoms with van der Waals surface area (Å²) in [5.74, 6) is 0.615. The first-order valence-electron chi connectivity index (χ1n) is 11.8. The summed E-state index contributed by atoms with van der Waals surface area (Å²) in [6.07, 6.45) is 1.73. The first kappa shape index (κ1) is 27.1. The summed E-state index contributed by atoms with van der Waals surface area (Å²) in [5.41, 5.74) is 4.44. The van der Waals surface area contributed by atoms with Crippen LogP contribution in [0.15, 0.2) is 64.1 Å². The van der Waals surface area contributed by atoms with E-state index in [0.717, 1.165) is 5.56 Å². The van der Waals surface area contributed by atoms with Crippen molar-refractivity contribution in [2.45, 2.75) is 40.2 Å². The molecule has 0 aliphatic carbocycles. The molecule has 2 N–H and O–H groups in total. The number of rotatable bonds is 11. The topological polar surface area (TPSA) is 136 Å². The van der Waals surface area contributed by atoms with Crippen LogP contribution in [0.4, 0.5) is 5.69 Å². The molecule has 0 fully saturated rings. The van der Waals surface area contributed by atoms with Crippen molar-refractivity contribution in [1.82, 2.24) is 10.7 Å². The highest BCUT2D eigenvalue weighted by Crippen LogP contribution is 2.28. The van der Waals surface area contributed by atoms with Gasteiger partial charge in [0.05, 0.1) is 11.1 Å². The summed E-state index contributed by atoms with van der Waals surface area (Å²) < 4.78 is 11.3. The highest BCUT2D eigenvalue weighted by molar-refractivity contribution is 5.89. The minimum atomic E-state index is -0.801. The van der Waals surface area contributed by atoms with Crippen LogP contribution in [-0.2, 0) is 9.59 Å². The molecule has 0 unspecified atom stereocenters. The zero-order chi connectivity index (χ0) is 26.9. The van der Waals surface area contributed by atoms with Crippen LogP contribution in [0.3, 0.4) is 0 Å². The number of amides is 2. The van der Waals surface area contributed by atoms with E-state index >= 15 is 0 Å². The highest BCUT2D eigenvalue weighted by Gasteiger charge is 2.22. The maximum absolute atomic E-state index is 12.7. The number of hydrogen-bond acceptors (Lipinski definition) is 7. The van der Waals surface area contributed by atoms with Crippen LogP contribution in [-0.4, -0.2) is 35.6 Å². The lowest BCUT2D eigenvalue weighted by molar-refractivity contribution is -0.385. The summed E-state index contributed by atoms with van der Waals surface area (Å²) in [6, 6.07) is 14.7. The molecule has 0 radical (unpaired) electrons. The number of nitro groups is 1. The molecule has 10 nitrogen and oxygen atoms in total. The van der Waals surface area contributed by atoms with E-state index in [2.05, 4.69) is 15.8 Å². The largest absolute Gasteiger partial charge is 0.484 e. The van der Waals surface area contributed by atoms with Gasteiger partial charge in [0.15, 0.2) is 6.61 Å². The molecular formula is C27H30N4O6. The summed E-state index contributed by atoms with van der Waals surface area (Å²) in [5, 5.41) is 17.8. The molecule has 2 amide bonds. The first-order valence-corrected chi connectivity index (χ1v) is 11.8. The lowest BCUT2D eigenvalue weighted by Gasteiger charge is -2.19. The maximum Gasteiger partial charge on any atom is 0.273 e. The Hall–Kier alpha value is -4.47. The molecule has 0 saturated carbocycles. The molecular weight excluding hydrogens is 476 g/mol. The number of furan rings is 1. The van der Waals surface area contributed by atoms with Crippen molar-refractivity contribution in [2.24, 2.45) is 11.0 Å². The van der Waals surface area contributed by atoms with Crippen molar-refractivity contribution < 1.29 is 23.7 Å². The molecule has 1 heterocycles. The number of nitrogens with zero attached hydrogens (tertiary/aromatic N) is 2. The number of carbonyl (C=O) groups excluding carboxylic acids is 2. The Morgan fingerprint density at radius 3 is 2.57 bits per heavy atom. The van der Waals surface area contributed by atoms with Gasteiger partial charge in [-0.3, -0.25) is 19.7 Å². The van der Waals surface area contributed by atoms with E-state index in [-0.39, 0.29) is 18.2 Å². The van der Waals surface area contributed by atoms with E-state index in [9.17, 15) is 19.7 Å². The number of carbonyl (C=O) groups is 2. The van der Waals surface area contributed by atoms with Crippen LogP contribution in [0.25, 0.3) is 11.3 Å². The second kappa shape index (κ2) is 12.5. The quantitative estimate of drug-likeness (QED) is 0.223. The van der Waals surface area contributed by atoms with E-state index in [1.54, 1.807) is 37.3 Å². The number of aryl methyl sites for hydroxylation is 2. The van der Waals surface area contributed by atoms with Crippen LogP contribution in [0.1, 0.15) is 37.2 Å². The van der Waals surface area contributed by atoms with Crippen molar-refractivity contribution in [2.75, 3.05) is 6.61 Å². The van der Waals surface area contributed by atoms with Crippen molar-refractivity contribution in [3.05, 3.63) is 81.6 Å².